The van der Waals surface area contributed by atoms with Crippen LogP contribution in [-0.4, -0.2) is 0 Å². The molecule has 0 aromatic heterocycles. The van der Waals surface area contributed by atoms with Gasteiger partial charge in [0.2, 0.25) is 0 Å². The molecule has 0 aliphatic carbocycles. The fraction of sp³-hybridized carbons (Fsp3) is 0.280. The minimum atomic E-state index is -4.38. The van der Waals surface area contributed by atoms with Gasteiger partial charge in [0, 0.05) is 16.8 Å². The van der Waals surface area contributed by atoms with Gasteiger partial charge in [-0.15, -0.1) is 0 Å². The molecule has 4 N–H and O–H groups in total. The number of rotatable bonds is 3. The summed E-state index contributed by atoms with van der Waals surface area (Å²) in [6.07, 6.45) is -4.38. The SMILES string of the molecule is Cc1cc(C(C)(c2ccc(C(F)(F)F)cc2)c2cc(C)c(N)c(C)c2)cc(C)c1N. The van der Waals surface area contributed by atoms with Crippen LogP contribution >= 0.6 is 0 Å². The van der Waals surface area contributed by atoms with Crippen LogP contribution in [0.3, 0.4) is 0 Å². The molecule has 3 aromatic carbocycles. The van der Waals surface area contributed by atoms with Crippen molar-refractivity contribution in [2.24, 2.45) is 0 Å². The summed E-state index contributed by atoms with van der Waals surface area (Å²) >= 11 is 0. The monoisotopic (exact) mass is 412 g/mol. The van der Waals surface area contributed by atoms with Crippen molar-refractivity contribution in [1.29, 1.82) is 0 Å². The predicted octanol–water partition coefficient (Wildman–Crippen LogP) is 6.46. The molecule has 3 rings (SSSR count). The third kappa shape index (κ3) is 3.64. The minimum Gasteiger partial charge on any atom is -0.398 e. The van der Waals surface area contributed by atoms with Crippen molar-refractivity contribution in [3.8, 4) is 0 Å². The average molecular weight is 412 g/mol. The number of halogens is 3. The second kappa shape index (κ2) is 7.38. The van der Waals surface area contributed by atoms with E-state index in [2.05, 4.69) is 0 Å². The van der Waals surface area contributed by atoms with Crippen LogP contribution in [-0.2, 0) is 11.6 Å². The van der Waals surface area contributed by atoms with E-state index in [-0.39, 0.29) is 0 Å². The van der Waals surface area contributed by atoms with Crippen molar-refractivity contribution in [1.82, 2.24) is 0 Å². The molecule has 3 aromatic rings. The number of alkyl halides is 3. The maximum atomic E-state index is 13.1. The molecule has 0 bridgehead atoms. The lowest BCUT2D eigenvalue weighted by molar-refractivity contribution is -0.137. The highest BCUT2D eigenvalue weighted by molar-refractivity contribution is 5.62. The molecule has 0 saturated carbocycles. The standard InChI is InChI=1S/C25H27F3N2/c1-14-10-20(11-15(2)22(14)29)24(5,21-12-16(3)23(30)17(4)13-21)18-6-8-19(9-7-18)25(26,27)28/h6-13H,29-30H2,1-5H3. The van der Waals surface area contributed by atoms with E-state index in [1.54, 1.807) is 12.1 Å². The molecule has 0 spiro atoms. The number of nitrogen functional groups attached to an aromatic ring is 2. The van der Waals surface area contributed by atoms with E-state index in [4.69, 9.17) is 11.5 Å². The summed E-state index contributed by atoms with van der Waals surface area (Å²) in [5.41, 5.74) is 18.9. The van der Waals surface area contributed by atoms with Crippen molar-refractivity contribution in [2.75, 3.05) is 11.5 Å². The zero-order valence-corrected chi connectivity index (χ0v) is 17.9. The quantitative estimate of drug-likeness (QED) is 0.383. The molecule has 0 heterocycles. The molecular formula is C25H27F3N2. The zero-order valence-electron chi connectivity index (χ0n) is 17.9. The van der Waals surface area contributed by atoms with E-state index in [9.17, 15) is 13.2 Å². The molecule has 0 amide bonds. The molecule has 0 saturated heterocycles. The smallest absolute Gasteiger partial charge is 0.398 e. The Hall–Kier alpha value is -2.95. The van der Waals surface area contributed by atoms with Crippen molar-refractivity contribution < 1.29 is 13.2 Å². The fourth-order valence-electron chi connectivity index (χ4n) is 4.02. The van der Waals surface area contributed by atoms with Gasteiger partial charge in [-0.3, -0.25) is 0 Å². The van der Waals surface area contributed by atoms with E-state index in [0.717, 1.165) is 62.5 Å². The molecule has 5 heteroatoms. The van der Waals surface area contributed by atoms with Gasteiger partial charge in [0.25, 0.3) is 0 Å². The summed E-state index contributed by atoms with van der Waals surface area (Å²) in [6, 6.07) is 13.5. The van der Waals surface area contributed by atoms with Gasteiger partial charge in [-0.1, -0.05) is 36.4 Å². The van der Waals surface area contributed by atoms with Crippen LogP contribution in [0, 0.1) is 27.7 Å². The van der Waals surface area contributed by atoms with Gasteiger partial charge in [0.15, 0.2) is 0 Å². The Bertz CT molecular complexity index is 993. The van der Waals surface area contributed by atoms with Crippen LogP contribution in [0.4, 0.5) is 24.5 Å². The fourth-order valence-corrected chi connectivity index (χ4v) is 4.02. The van der Waals surface area contributed by atoms with Crippen LogP contribution in [0.5, 0.6) is 0 Å². The van der Waals surface area contributed by atoms with Crippen LogP contribution in [0.2, 0.25) is 0 Å². The average Bonchev–Trinajstić information content (AvgIpc) is 2.68. The summed E-state index contributed by atoms with van der Waals surface area (Å²) < 4.78 is 39.4. The molecule has 0 radical (unpaired) electrons. The van der Waals surface area contributed by atoms with Gasteiger partial charge in [-0.05, 0) is 85.7 Å². The topological polar surface area (TPSA) is 52.0 Å². The molecule has 0 aliphatic rings. The second-order valence-electron chi connectivity index (χ2n) is 8.25. The first-order chi connectivity index (χ1) is 13.9. The minimum absolute atomic E-state index is 0.664. The molecule has 158 valence electrons. The van der Waals surface area contributed by atoms with E-state index in [1.807, 2.05) is 58.9 Å². The van der Waals surface area contributed by atoms with Crippen molar-refractivity contribution in [3.05, 3.63) is 93.0 Å². The summed E-state index contributed by atoms with van der Waals surface area (Å²) in [7, 11) is 0. The Morgan fingerprint density at radius 1 is 0.567 bits per heavy atom. The summed E-state index contributed by atoms with van der Waals surface area (Å²) in [4.78, 5) is 0. The van der Waals surface area contributed by atoms with Crippen LogP contribution < -0.4 is 11.5 Å². The summed E-state index contributed by atoms with van der Waals surface area (Å²) in [5, 5.41) is 0. The van der Waals surface area contributed by atoms with Gasteiger partial charge in [0.1, 0.15) is 0 Å². The van der Waals surface area contributed by atoms with Crippen molar-refractivity contribution in [3.63, 3.8) is 0 Å². The molecule has 0 fully saturated rings. The lowest BCUT2D eigenvalue weighted by atomic mass is 9.69. The van der Waals surface area contributed by atoms with E-state index >= 15 is 0 Å². The largest absolute Gasteiger partial charge is 0.416 e. The molecule has 0 unspecified atom stereocenters. The van der Waals surface area contributed by atoms with Crippen LogP contribution in [0.25, 0.3) is 0 Å². The number of aryl methyl sites for hydroxylation is 4. The van der Waals surface area contributed by atoms with E-state index in [1.165, 1.54) is 0 Å². The first-order valence-corrected chi connectivity index (χ1v) is 9.78. The number of hydrogen-bond donors (Lipinski definition) is 2. The molecule has 2 nitrogen and oxygen atoms in total. The van der Waals surface area contributed by atoms with Crippen molar-refractivity contribution >= 4 is 11.4 Å². The van der Waals surface area contributed by atoms with Crippen molar-refractivity contribution in [2.45, 2.75) is 46.2 Å². The Labute approximate surface area is 175 Å². The molecule has 30 heavy (non-hydrogen) atoms. The third-order valence-corrected chi connectivity index (χ3v) is 6.13. The third-order valence-electron chi connectivity index (χ3n) is 6.13. The molecule has 0 atom stereocenters. The van der Waals surface area contributed by atoms with Crippen LogP contribution in [0.15, 0.2) is 48.5 Å². The Kier molecular flexibility index (Phi) is 5.35. The number of hydrogen-bond acceptors (Lipinski definition) is 2. The number of nitrogens with two attached hydrogens (primary N) is 2. The maximum Gasteiger partial charge on any atom is 0.416 e. The number of benzene rings is 3. The first kappa shape index (κ1) is 21.8. The summed E-state index contributed by atoms with van der Waals surface area (Å²) in [6.45, 7) is 9.80. The van der Waals surface area contributed by atoms with Gasteiger partial charge in [-0.25, -0.2) is 0 Å². The highest BCUT2D eigenvalue weighted by Crippen LogP contribution is 2.43. The maximum absolute atomic E-state index is 13.1. The summed E-state index contributed by atoms with van der Waals surface area (Å²) in [5.74, 6) is 0. The predicted molar refractivity (Wildman–Crippen MR) is 118 cm³/mol. The lowest BCUT2D eigenvalue weighted by Gasteiger charge is -2.34. The Morgan fingerprint density at radius 2 is 0.867 bits per heavy atom. The normalized spacial score (nSPS) is 12.3. The van der Waals surface area contributed by atoms with E-state index < -0.39 is 17.2 Å². The second-order valence-corrected chi connectivity index (χ2v) is 8.25. The Morgan fingerprint density at radius 3 is 1.17 bits per heavy atom. The number of anilines is 2. The zero-order chi connectivity index (χ0) is 22.4. The molecule has 0 aliphatic heterocycles. The van der Waals surface area contributed by atoms with Gasteiger partial charge in [0.05, 0.1) is 5.56 Å². The first-order valence-electron chi connectivity index (χ1n) is 9.78. The highest BCUT2D eigenvalue weighted by atomic mass is 19.4. The molecular weight excluding hydrogens is 385 g/mol. The van der Waals surface area contributed by atoms with Gasteiger partial charge >= 0.3 is 6.18 Å². The van der Waals surface area contributed by atoms with Gasteiger partial charge < -0.3 is 11.5 Å². The Balaban J connectivity index is 2.32. The van der Waals surface area contributed by atoms with Crippen LogP contribution in [0.1, 0.15) is 51.4 Å². The van der Waals surface area contributed by atoms with Gasteiger partial charge in [-0.2, -0.15) is 13.2 Å². The highest BCUT2D eigenvalue weighted by Gasteiger charge is 2.35. The lowest BCUT2D eigenvalue weighted by Crippen LogP contribution is -2.26. The van der Waals surface area contributed by atoms with E-state index in [0.29, 0.717) is 0 Å².